The van der Waals surface area contributed by atoms with E-state index in [1.54, 1.807) is 0 Å². The van der Waals surface area contributed by atoms with Crippen LogP contribution in [0.15, 0.2) is 0 Å². The second kappa shape index (κ2) is 3.18. The van der Waals surface area contributed by atoms with Crippen LogP contribution in [0.5, 0.6) is 0 Å². The van der Waals surface area contributed by atoms with Crippen molar-refractivity contribution in [2.24, 2.45) is 0 Å². The van der Waals surface area contributed by atoms with Gasteiger partial charge in [-0.2, -0.15) is 0 Å². The molecule has 0 bridgehead atoms. The molecule has 0 aromatic rings. The van der Waals surface area contributed by atoms with Gasteiger partial charge < -0.3 is 9.64 Å². The maximum Gasteiger partial charge on any atom is 0.0936 e. The van der Waals surface area contributed by atoms with Crippen molar-refractivity contribution in [3.8, 4) is 0 Å². The van der Waals surface area contributed by atoms with E-state index >= 15 is 0 Å². The Balaban J connectivity index is 1.95. The molecule has 1 aliphatic heterocycles. The number of epoxide rings is 1. The molecular weight excluding hydrogens is 114 g/mol. The number of hydrogen-bond donors (Lipinski definition) is 0. The number of rotatable bonds is 4. The lowest BCUT2D eigenvalue weighted by Crippen LogP contribution is -2.23. The number of hydrogen-bond acceptors (Lipinski definition) is 2. The predicted octanol–water partition coefficient (Wildman–Crippen LogP) is 0.541. The molecule has 1 atom stereocenters. The molecule has 2 heteroatoms. The molecule has 1 rings (SSSR count). The van der Waals surface area contributed by atoms with Gasteiger partial charge in [0.1, 0.15) is 0 Å². The van der Waals surface area contributed by atoms with E-state index in [9.17, 15) is 0 Å². The molecule has 0 saturated carbocycles. The molecule has 2 nitrogen and oxygen atoms in total. The molecule has 0 amide bonds. The molecule has 1 saturated heterocycles. The van der Waals surface area contributed by atoms with Crippen molar-refractivity contribution in [3.05, 3.63) is 6.92 Å². The van der Waals surface area contributed by atoms with Crippen LogP contribution in [0.2, 0.25) is 0 Å². The molecule has 0 N–H and O–H groups in total. The highest BCUT2D eigenvalue weighted by Gasteiger charge is 2.23. The van der Waals surface area contributed by atoms with Gasteiger partial charge >= 0.3 is 0 Å². The molecule has 9 heavy (non-hydrogen) atoms. The van der Waals surface area contributed by atoms with E-state index in [-0.39, 0.29) is 0 Å². The standard InChI is InChI=1S/C7H14NO/c1-3-4-8(2)5-7-6-9-7/h7H,1,3-6H2,2H3. The molecule has 0 aliphatic carbocycles. The molecule has 53 valence electrons. The van der Waals surface area contributed by atoms with Crippen LogP contribution in [-0.4, -0.2) is 37.7 Å². The monoisotopic (exact) mass is 128 g/mol. The minimum Gasteiger partial charge on any atom is -0.372 e. The van der Waals surface area contributed by atoms with Crippen molar-refractivity contribution in [1.29, 1.82) is 0 Å². The van der Waals surface area contributed by atoms with Crippen LogP contribution in [0.1, 0.15) is 6.42 Å². The van der Waals surface area contributed by atoms with Gasteiger partial charge in [-0.1, -0.05) is 6.92 Å². The summed E-state index contributed by atoms with van der Waals surface area (Å²) in [4.78, 5) is 2.25. The zero-order valence-corrected chi connectivity index (χ0v) is 5.97. The first-order valence-corrected chi connectivity index (χ1v) is 3.42. The third-order valence-corrected chi connectivity index (χ3v) is 1.46. The average Bonchev–Trinajstić information content (AvgIpc) is 2.50. The summed E-state index contributed by atoms with van der Waals surface area (Å²) >= 11 is 0. The smallest absolute Gasteiger partial charge is 0.0936 e. The first-order chi connectivity index (χ1) is 4.33. The van der Waals surface area contributed by atoms with E-state index in [0.717, 1.165) is 26.1 Å². The van der Waals surface area contributed by atoms with Crippen LogP contribution in [0.4, 0.5) is 0 Å². The third kappa shape index (κ3) is 2.82. The van der Waals surface area contributed by atoms with Crippen LogP contribution >= 0.6 is 0 Å². The van der Waals surface area contributed by atoms with E-state index in [1.807, 2.05) is 0 Å². The van der Waals surface area contributed by atoms with Crippen LogP contribution in [-0.2, 0) is 4.74 Å². The third-order valence-electron chi connectivity index (χ3n) is 1.46. The van der Waals surface area contributed by atoms with Crippen LogP contribution in [0.25, 0.3) is 0 Å². The van der Waals surface area contributed by atoms with Crippen molar-refractivity contribution in [1.82, 2.24) is 4.90 Å². The van der Waals surface area contributed by atoms with Crippen LogP contribution < -0.4 is 0 Å². The molecule has 1 unspecified atom stereocenters. The lowest BCUT2D eigenvalue weighted by atomic mass is 10.4. The predicted molar refractivity (Wildman–Crippen MR) is 37.2 cm³/mol. The van der Waals surface area contributed by atoms with Gasteiger partial charge in [0.05, 0.1) is 12.7 Å². The fraction of sp³-hybridized carbons (Fsp3) is 0.857. The van der Waals surface area contributed by atoms with Gasteiger partial charge in [0.15, 0.2) is 0 Å². The zero-order chi connectivity index (χ0) is 6.69. The Hall–Kier alpha value is -0.0800. The molecule has 1 heterocycles. The van der Waals surface area contributed by atoms with Crippen molar-refractivity contribution in [3.63, 3.8) is 0 Å². The highest BCUT2D eigenvalue weighted by molar-refractivity contribution is 4.72. The Kier molecular flexibility index (Phi) is 2.49. The Morgan fingerprint density at radius 2 is 2.44 bits per heavy atom. The van der Waals surface area contributed by atoms with Crippen LogP contribution in [0.3, 0.4) is 0 Å². The quantitative estimate of drug-likeness (QED) is 0.514. The van der Waals surface area contributed by atoms with Gasteiger partial charge in [-0.25, -0.2) is 0 Å². The molecule has 0 spiro atoms. The molecule has 0 aromatic heterocycles. The van der Waals surface area contributed by atoms with Crippen molar-refractivity contribution >= 4 is 0 Å². The van der Waals surface area contributed by atoms with E-state index < -0.39 is 0 Å². The SMILES string of the molecule is [CH2]CCN(C)CC1CO1. The Bertz CT molecular complexity index is 81.0. The normalized spacial score (nSPS) is 25.0. The van der Waals surface area contributed by atoms with Gasteiger partial charge in [0, 0.05) is 6.54 Å². The summed E-state index contributed by atoms with van der Waals surface area (Å²) in [5, 5.41) is 0. The summed E-state index contributed by atoms with van der Waals surface area (Å²) in [5.74, 6) is 0. The maximum atomic E-state index is 5.06. The summed E-state index contributed by atoms with van der Waals surface area (Å²) in [6, 6.07) is 0. The highest BCUT2D eigenvalue weighted by Crippen LogP contribution is 2.09. The van der Waals surface area contributed by atoms with Crippen LogP contribution in [0, 0.1) is 6.92 Å². The Morgan fingerprint density at radius 3 is 2.89 bits per heavy atom. The minimum absolute atomic E-state index is 0.529. The van der Waals surface area contributed by atoms with Crippen molar-refractivity contribution in [2.45, 2.75) is 12.5 Å². The average molecular weight is 128 g/mol. The minimum atomic E-state index is 0.529. The second-order valence-electron chi connectivity index (χ2n) is 2.57. The largest absolute Gasteiger partial charge is 0.372 e. The van der Waals surface area contributed by atoms with Gasteiger partial charge in [0.2, 0.25) is 0 Å². The van der Waals surface area contributed by atoms with Gasteiger partial charge in [-0.3, -0.25) is 0 Å². The molecule has 1 radical (unpaired) electrons. The lowest BCUT2D eigenvalue weighted by molar-refractivity contribution is 0.288. The van der Waals surface area contributed by atoms with E-state index in [2.05, 4.69) is 18.9 Å². The highest BCUT2D eigenvalue weighted by atomic mass is 16.6. The van der Waals surface area contributed by atoms with Gasteiger partial charge in [-0.15, -0.1) is 0 Å². The van der Waals surface area contributed by atoms with Gasteiger partial charge in [0.25, 0.3) is 0 Å². The Labute approximate surface area is 56.8 Å². The fourth-order valence-electron chi connectivity index (χ4n) is 0.882. The summed E-state index contributed by atoms with van der Waals surface area (Å²) in [5.41, 5.74) is 0. The Morgan fingerprint density at radius 1 is 1.78 bits per heavy atom. The number of nitrogens with zero attached hydrogens (tertiary/aromatic N) is 1. The topological polar surface area (TPSA) is 15.8 Å². The van der Waals surface area contributed by atoms with Crippen molar-refractivity contribution < 1.29 is 4.74 Å². The van der Waals surface area contributed by atoms with E-state index in [0.29, 0.717) is 6.10 Å². The second-order valence-corrected chi connectivity index (χ2v) is 2.57. The summed E-state index contributed by atoms with van der Waals surface area (Å²) in [6.07, 6.45) is 1.52. The first-order valence-electron chi connectivity index (χ1n) is 3.42. The molecule has 0 aromatic carbocycles. The fourth-order valence-corrected chi connectivity index (χ4v) is 0.882. The van der Waals surface area contributed by atoms with Gasteiger partial charge in [-0.05, 0) is 20.0 Å². The number of likely N-dealkylation sites (N-methyl/N-ethyl adjacent to an activating group) is 1. The summed E-state index contributed by atoms with van der Waals surface area (Å²) < 4.78 is 5.06. The molecule has 1 fully saturated rings. The summed E-state index contributed by atoms with van der Waals surface area (Å²) in [7, 11) is 2.10. The lowest BCUT2D eigenvalue weighted by Gasteiger charge is -2.12. The maximum absolute atomic E-state index is 5.06. The molecule has 1 aliphatic rings. The summed E-state index contributed by atoms with van der Waals surface area (Å²) in [6.45, 7) is 6.89. The molecular formula is C7H14NO. The van der Waals surface area contributed by atoms with E-state index in [1.165, 1.54) is 0 Å². The number of ether oxygens (including phenoxy) is 1. The zero-order valence-electron chi connectivity index (χ0n) is 5.97. The first kappa shape index (κ1) is 7.03. The van der Waals surface area contributed by atoms with Crippen molar-refractivity contribution in [2.75, 3.05) is 26.7 Å². The van der Waals surface area contributed by atoms with E-state index in [4.69, 9.17) is 4.74 Å².